The van der Waals surface area contributed by atoms with Crippen molar-refractivity contribution < 1.29 is 18.7 Å². The van der Waals surface area contributed by atoms with Crippen LogP contribution in [0.15, 0.2) is 29.2 Å². The summed E-state index contributed by atoms with van der Waals surface area (Å²) in [6.45, 7) is 0.488. The first kappa shape index (κ1) is 15.1. The molecule has 0 bridgehead atoms. The number of rotatable bonds is 4. The van der Waals surface area contributed by atoms with E-state index >= 15 is 0 Å². The highest BCUT2D eigenvalue weighted by molar-refractivity contribution is 7.99. The van der Waals surface area contributed by atoms with Gasteiger partial charge in [-0.05, 0) is 25.0 Å². The van der Waals surface area contributed by atoms with E-state index in [-0.39, 0.29) is 18.7 Å². The molecule has 2 amide bonds. The van der Waals surface area contributed by atoms with Gasteiger partial charge in [-0.3, -0.25) is 0 Å². The summed E-state index contributed by atoms with van der Waals surface area (Å²) in [6, 6.07) is 5.91. The molecule has 1 fully saturated rings. The zero-order valence-corrected chi connectivity index (χ0v) is 11.6. The van der Waals surface area contributed by atoms with Crippen LogP contribution in [0, 0.1) is 0 Å². The van der Waals surface area contributed by atoms with Crippen LogP contribution in [0.4, 0.5) is 19.3 Å². The van der Waals surface area contributed by atoms with Crippen LogP contribution in [-0.2, 0) is 0 Å². The third-order valence-corrected chi connectivity index (χ3v) is 3.98. The molecule has 2 rings (SSSR count). The Balaban J connectivity index is 2.07. The van der Waals surface area contributed by atoms with E-state index in [0.717, 1.165) is 12.8 Å². The molecule has 110 valence electrons. The molecule has 1 aromatic rings. The Hall–Kier alpha value is -1.34. The molecule has 0 unspecified atom stereocenters. The molecular weight excluding hydrogens is 286 g/mol. The molecule has 7 heteroatoms. The number of alkyl halides is 2. The van der Waals surface area contributed by atoms with E-state index in [1.165, 1.54) is 0 Å². The minimum absolute atomic E-state index is 0.0825. The molecule has 0 saturated carbocycles. The zero-order valence-electron chi connectivity index (χ0n) is 10.8. The molecule has 1 aliphatic heterocycles. The quantitative estimate of drug-likeness (QED) is 0.841. The lowest BCUT2D eigenvalue weighted by atomic mass is 10.2. The predicted octanol–water partition coefficient (Wildman–Crippen LogP) is 2.99. The fourth-order valence-corrected chi connectivity index (χ4v) is 2.84. The molecule has 1 saturated heterocycles. The van der Waals surface area contributed by atoms with E-state index in [0.29, 0.717) is 28.9 Å². The molecule has 1 atom stereocenters. The molecule has 1 heterocycles. The molecular formula is C13H16F2N2O2S. The van der Waals surface area contributed by atoms with E-state index in [9.17, 15) is 18.7 Å². The number of hydrogen-bond donors (Lipinski definition) is 2. The summed E-state index contributed by atoms with van der Waals surface area (Å²) in [5, 5.41) is 11.8. The van der Waals surface area contributed by atoms with Crippen LogP contribution in [0.1, 0.15) is 12.8 Å². The SMILES string of the molecule is O=C(Nc1ccccc1SC(F)F)N1CCC[C@@H]1CO. The van der Waals surface area contributed by atoms with Crippen molar-refractivity contribution >= 4 is 23.5 Å². The van der Waals surface area contributed by atoms with Crippen molar-refractivity contribution in [3.8, 4) is 0 Å². The van der Waals surface area contributed by atoms with Crippen molar-refractivity contribution in [1.82, 2.24) is 4.90 Å². The summed E-state index contributed by atoms with van der Waals surface area (Å²) in [5.74, 6) is -2.54. The van der Waals surface area contributed by atoms with Gasteiger partial charge in [-0.2, -0.15) is 8.78 Å². The number of carbonyl (C=O) groups is 1. The first-order valence-corrected chi connectivity index (χ1v) is 7.22. The third kappa shape index (κ3) is 3.61. The van der Waals surface area contributed by atoms with Crippen LogP contribution >= 0.6 is 11.8 Å². The molecule has 0 aliphatic carbocycles. The normalized spacial score (nSPS) is 18.6. The Morgan fingerprint density at radius 3 is 2.95 bits per heavy atom. The number of para-hydroxylation sites is 1. The van der Waals surface area contributed by atoms with Crippen molar-refractivity contribution in [2.75, 3.05) is 18.5 Å². The highest BCUT2D eigenvalue weighted by Gasteiger charge is 2.28. The van der Waals surface area contributed by atoms with E-state index < -0.39 is 5.76 Å². The molecule has 0 aromatic heterocycles. The maximum Gasteiger partial charge on any atom is 0.322 e. The molecule has 1 aromatic carbocycles. The van der Waals surface area contributed by atoms with Crippen LogP contribution in [0.3, 0.4) is 0 Å². The van der Waals surface area contributed by atoms with Gasteiger partial charge in [0.15, 0.2) is 0 Å². The minimum atomic E-state index is -2.54. The van der Waals surface area contributed by atoms with Gasteiger partial charge in [-0.15, -0.1) is 0 Å². The van der Waals surface area contributed by atoms with Crippen LogP contribution in [0.2, 0.25) is 0 Å². The van der Waals surface area contributed by atoms with Gasteiger partial charge in [0.05, 0.1) is 18.3 Å². The second-order valence-electron chi connectivity index (χ2n) is 4.48. The Bertz CT molecular complexity index is 473. The van der Waals surface area contributed by atoms with Gasteiger partial charge in [-0.1, -0.05) is 23.9 Å². The van der Waals surface area contributed by atoms with Crippen molar-refractivity contribution in [1.29, 1.82) is 0 Å². The number of aliphatic hydroxyl groups excluding tert-OH is 1. The number of thioether (sulfide) groups is 1. The Morgan fingerprint density at radius 2 is 2.25 bits per heavy atom. The minimum Gasteiger partial charge on any atom is -0.394 e. The molecule has 1 aliphatic rings. The topological polar surface area (TPSA) is 52.6 Å². The maximum atomic E-state index is 12.5. The standard InChI is InChI=1S/C13H16F2N2O2S/c14-12(15)20-11-6-2-1-5-10(11)16-13(19)17-7-3-4-9(17)8-18/h1-2,5-6,9,12,18H,3-4,7-8H2,(H,16,19)/t9-/m1/s1. The van der Waals surface area contributed by atoms with E-state index in [1.807, 2.05) is 0 Å². The highest BCUT2D eigenvalue weighted by Crippen LogP contribution is 2.32. The Morgan fingerprint density at radius 1 is 1.50 bits per heavy atom. The van der Waals surface area contributed by atoms with Gasteiger partial charge in [-0.25, -0.2) is 4.79 Å². The number of halogens is 2. The van der Waals surface area contributed by atoms with Gasteiger partial charge in [0, 0.05) is 11.4 Å². The monoisotopic (exact) mass is 302 g/mol. The number of aliphatic hydroxyl groups is 1. The van der Waals surface area contributed by atoms with Crippen LogP contribution in [0.5, 0.6) is 0 Å². The Labute approximate surface area is 120 Å². The van der Waals surface area contributed by atoms with Gasteiger partial charge < -0.3 is 15.3 Å². The summed E-state index contributed by atoms with van der Waals surface area (Å²) >= 11 is 0.400. The summed E-state index contributed by atoms with van der Waals surface area (Å²) in [4.78, 5) is 14.0. The predicted molar refractivity (Wildman–Crippen MR) is 74.1 cm³/mol. The number of carbonyl (C=O) groups excluding carboxylic acids is 1. The Kier molecular flexibility index (Phi) is 5.19. The third-order valence-electron chi connectivity index (χ3n) is 3.19. The fraction of sp³-hybridized carbons (Fsp3) is 0.462. The largest absolute Gasteiger partial charge is 0.394 e. The molecule has 2 N–H and O–H groups in total. The number of nitrogens with one attached hydrogen (secondary N) is 1. The van der Waals surface area contributed by atoms with Gasteiger partial charge in [0.1, 0.15) is 0 Å². The summed E-state index contributed by atoms with van der Waals surface area (Å²) in [7, 11) is 0. The number of hydrogen-bond acceptors (Lipinski definition) is 3. The van der Waals surface area contributed by atoms with E-state index in [2.05, 4.69) is 5.32 Å². The van der Waals surface area contributed by atoms with Crippen molar-refractivity contribution in [2.45, 2.75) is 29.5 Å². The lowest BCUT2D eigenvalue weighted by molar-refractivity contribution is 0.166. The number of benzene rings is 1. The second kappa shape index (κ2) is 6.90. The lowest BCUT2D eigenvalue weighted by Crippen LogP contribution is -2.40. The average Bonchev–Trinajstić information content (AvgIpc) is 2.88. The zero-order chi connectivity index (χ0) is 14.5. The van der Waals surface area contributed by atoms with Crippen molar-refractivity contribution in [3.63, 3.8) is 0 Å². The van der Waals surface area contributed by atoms with E-state index in [1.54, 1.807) is 29.2 Å². The maximum absolute atomic E-state index is 12.5. The molecule has 0 spiro atoms. The highest BCUT2D eigenvalue weighted by atomic mass is 32.2. The number of anilines is 1. The lowest BCUT2D eigenvalue weighted by Gasteiger charge is -2.23. The first-order chi connectivity index (χ1) is 9.61. The van der Waals surface area contributed by atoms with Crippen LogP contribution in [0.25, 0.3) is 0 Å². The summed E-state index contributed by atoms with van der Waals surface area (Å²) < 4.78 is 24.9. The molecule has 0 radical (unpaired) electrons. The number of amides is 2. The van der Waals surface area contributed by atoms with Gasteiger partial charge in [0.2, 0.25) is 0 Å². The molecule has 4 nitrogen and oxygen atoms in total. The second-order valence-corrected chi connectivity index (χ2v) is 5.51. The van der Waals surface area contributed by atoms with Crippen LogP contribution in [-0.4, -0.2) is 41.0 Å². The number of urea groups is 1. The average molecular weight is 302 g/mol. The number of nitrogens with zero attached hydrogens (tertiary/aromatic N) is 1. The van der Waals surface area contributed by atoms with Gasteiger partial charge >= 0.3 is 6.03 Å². The summed E-state index contributed by atoms with van der Waals surface area (Å²) in [5.41, 5.74) is 0.367. The van der Waals surface area contributed by atoms with E-state index in [4.69, 9.17) is 0 Å². The smallest absolute Gasteiger partial charge is 0.322 e. The molecule has 20 heavy (non-hydrogen) atoms. The summed E-state index contributed by atoms with van der Waals surface area (Å²) in [6.07, 6.45) is 1.60. The first-order valence-electron chi connectivity index (χ1n) is 6.34. The fourth-order valence-electron chi connectivity index (χ4n) is 2.25. The van der Waals surface area contributed by atoms with Crippen molar-refractivity contribution in [2.24, 2.45) is 0 Å². The van der Waals surface area contributed by atoms with Gasteiger partial charge in [0.25, 0.3) is 5.76 Å². The van der Waals surface area contributed by atoms with Crippen molar-refractivity contribution in [3.05, 3.63) is 24.3 Å². The number of likely N-dealkylation sites (tertiary alicyclic amines) is 1. The van der Waals surface area contributed by atoms with Crippen LogP contribution < -0.4 is 5.32 Å².